The first-order valence-electron chi connectivity index (χ1n) is 9.66. The average molecular weight is 400 g/mol. The standard InChI is InChI=1S/C22H26ClN3O2/c1-3-17-4-6-18(7-5-17)22(28)26-14-12-25(13-15-26)16(2)21(27)24-20-10-8-19(23)9-11-20/h4-11,16H,3,12-15H2,1-2H3,(H,24,27). The van der Waals surface area contributed by atoms with Gasteiger partial charge in [0.05, 0.1) is 6.04 Å². The van der Waals surface area contributed by atoms with Gasteiger partial charge in [-0.05, 0) is 55.3 Å². The van der Waals surface area contributed by atoms with Crippen molar-refractivity contribution in [3.63, 3.8) is 0 Å². The number of halogens is 1. The van der Waals surface area contributed by atoms with E-state index in [0.29, 0.717) is 31.2 Å². The van der Waals surface area contributed by atoms with E-state index in [2.05, 4.69) is 17.1 Å². The molecule has 1 atom stereocenters. The van der Waals surface area contributed by atoms with Crippen molar-refractivity contribution in [2.24, 2.45) is 0 Å². The van der Waals surface area contributed by atoms with E-state index in [1.54, 1.807) is 24.3 Å². The first-order valence-corrected chi connectivity index (χ1v) is 10.0. The summed E-state index contributed by atoms with van der Waals surface area (Å²) in [6, 6.07) is 14.6. The number of hydrogen-bond donors (Lipinski definition) is 1. The number of piperazine rings is 1. The molecule has 0 saturated carbocycles. The summed E-state index contributed by atoms with van der Waals surface area (Å²) >= 11 is 5.88. The lowest BCUT2D eigenvalue weighted by molar-refractivity contribution is -0.121. The molecule has 1 unspecified atom stereocenters. The van der Waals surface area contributed by atoms with Crippen molar-refractivity contribution in [1.82, 2.24) is 9.80 Å². The molecule has 6 heteroatoms. The summed E-state index contributed by atoms with van der Waals surface area (Å²) in [5.41, 5.74) is 2.67. The highest BCUT2D eigenvalue weighted by Gasteiger charge is 2.28. The Morgan fingerprint density at radius 2 is 1.61 bits per heavy atom. The smallest absolute Gasteiger partial charge is 0.253 e. The maximum atomic E-state index is 12.7. The molecule has 1 fully saturated rings. The Labute approximate surface area is 171 Å². The quantitative estimate of drug-likeness (QED) is 0.834. The monoisotopic (exact) mass is 399 g/mol. The number of aryl methyl sites for hydroxylation is 1. The lowest BCUT2D eigenvalue weighted by Gasteiger charge is -2.37. The molecule has 0 bridgehead atoms. The number of rotatable bonds is 5. The molecule has 1 heterocycles. The van der Waals surface area contributed by atoms with Crippen LogP contribution in [-0.4, -0.2) is 53.8 Å². The summed E-state index contributed by atoms with van der Waals surface area (Å²) in [7, 11) is 0. The van der Waals surface area contributed by atoms with Gasteiger partial charge in [0, 0.05) is 42.5 Å². The fourth-order valence-corrected chi connectivity index (χ4v) is 3.45. The van der Waals surface area contributed by atoms with Crippen LogP contribution in [0.2, 0.25) is 5.02 Å². The van der Waals surface area contributed by atoms with Gasteiger partial charge in [0.2, 0.25) is 5.91 Å². The zero-order valence-corrected chi connectivity index (χ0v) is 17.1. The highest BCUT2D eigenvalue weighted by molar-refractivity contribution is 6.30. The van der Waals surface area contributed by atoms with Crippen LogP contribution in [0, 0.1) is 0 Å². The summed E-state index contributed by atoms with van der Waals surface area (Å²) in [4.78, 5) is 29.2. The van der Waals surface area contributed by atoms with Crippen molar-refractivity contribution in [2.75, 3.05) is 31.5 Å². The van der Waals surface area contributed by atoms with E-state index < -0.39 is 0 Å². The molecule has 148 valence electrons. The molecule has 0 aliphatic carbocycles. The molecule has 2 aromatic rings. The summed E-state index contributed by atoms with van der Waals surface area (Å²) in [6.07, 6.45) is 0.961. The van der Waals surface area contributed by atoms with Crippen LogP contribution in [0.1, 0.15) is 29.8 Å². The van der Waals surface area contributed by atoms with Gasteiger partial charge in [-0.3, -0.25) is 14.5 Å². The number of carbonyl (C=O) groups is 2. The van der Waals surface area contributed by atoms with Crippen molar-refractivity contribution >= 4 is 29.1 Å². The van der Waals surface area contributed by atoms with E-state index in [9.17, 15) is 9.59 Å². The Bertz CT molecular complexity index is 813. The minimum Gasteiger partial charge on any atom is -0.336 e. The Hall–Kier alpha value is -2.37. The van der Waals surface area contributed by atoms with Crippen LogP contribution in [0.5, 0.6) is 0 Å². The second-order valence-electron chi connectivity index (χ2n) is 7.05. The van der Waals surface area contributed by atoms with Gasteiger partial charge in [-0.1, -0.05) is 30.7 Å². The minimum absolute atomic E-state index is 0.0561. The maximum Gasteiger partial charge on any atom is 0.253 e. The van der Waals surface area contributed by atoms with Gasteiger partial charge in [0.25, 0.3) is 5.91 Å². The van der Waals surface area contributed by atoms with Gasteiger partial charge in [-0.25, -0.2) is 0 Å². The molecule has 0 aromatic heterocycles. The van der Waals surface area contributed by atoms with Gasteiger partial charge in [0.15, 0.2) is 0 Å². The van der Waals surface area contributed by atoms with E-state index in [1.807, 2.05) is 36.1 Å². The van der Waals surface area contributed by atoms with Gasteiger partial charge < -0.3 is 10.2 Å². The van der Waals surface area contributed by atoms with Gasteiger partial charge in [-0.2, -0.15) is 0 Å². The fourth-order valence-electron chi connectivity index (χ4n) is 3.32. The number of hydrogen-bond acceptors (Lipinski definition) is 3. The van der Waals surface area contributed by atoms with Crippen LogP contribution in [0.3, 0.4) is 0 Å². The lowest BCUT2D eigenvalue weighted by Crippen LogP contribution is -2.54. The van der Waals surface area contributed by atoms with Crippen LogP contribution in [0.25, 0.3) is 0 Å². The maximum absolute atomic E-state index is 12.7. The van der Waals surface area contributed by atoms with Crippen molar-refractivity contribution in [3.05, 3.63) is 64.7 Å². The van der Waals surface area contributed by atoms with Crippen LogP contribution in [0.4, 0.5) is 5.69 Å². The minimum atomic E-state index is -0.267. The van der Waals surface area contributed by atoms with Crippen LogP contribution < -0.4 is 5.32 Å². The van der Waals surface area contributed by atoms with E-state index >= 15 is 0 Å². The van der Waals surface area contributed by atoms with Crippen molar-refractivity contribution < 1.29 is 9.59 Å². The summed E-state index contributed by atoms with van der Waals surface area (Å²) in [6.45, 7) is 6.58. The topological polar surface area (TPSA) is 52.7 Å². The molecule has 0 radical (unpaired) electrons. The van der Waals surface area contributed by atoms with Crippen molar-refractivity contribution in [2.45, 2.75) is 26.3 Å². The zero-order valence-electron chi connectivity index (χ0n) is 16.3. The fraction of sp³-hybridized carbons (Fsp3) is 0.364. The van der Waals surface area contributed by atoms with Crippen LogP contribution in [0.15, 0.2) is 48.5 Å². The number of benzene rings is 2. The number of nitrogens with one attached hydrogen (secondary N) is 1. The van der Waals surface area contributed by atoms with Gasteiger partial charge >= 0.3 is 0 Å². The summed E-state index contributed by atoms with van der Waals surface area (Å²) < 4.78 is 0. The molecule has 28 heavy (non-hydrogen) atoms. The van der Waals surface area contributed by atoms with Crippen LogP contribution in [-0.2, 0) is 11.2 Å². The SMILES string of the molecule is CCc1ccc(C(=O)N2CCN(C(C)C(=O)Nc3ccc(Cl)cc3)CC2)cc1. The second-order valence-corrected chi connectivity index (χ2v) is 7.49. The van der Waals surface area contributed by atoms with E-state index in [4.69, 9.17) is 11.6 Å². The molecule has 2 amide bonds. The third-order valence-corrected chi connectivity index (χ3v) is 5.50. The predicted molar refractivity (Wildman–Crippen MR) is 113 cm³/mol. The molecule has 1 aliphatic rings. The third kappa shape index (κ3) is 4.91. The second kappa shape index (κ2) is 9.22. The first-order chi connectivity index (χ1) is 13.5. The lowest BCUT2D eigenvalue weighted by atomic mass is 10.1. The average Bonchev–Trinajstić information content (AvgIpc) is 2.74. The number of carbonyl (C=O) groups excluding carboxylic acids is 2. The Kier molecular flexibility index (Phi) is 6.70. The molecule has 2 aromatic carbocycles. The Balaban J connectivity index is 1.52. The molecule has 1 N–H and O–H groups in total. The molecule has 5 nitrogen and oxygen atoms in total. The van der Waals surface area contributed by atoms with E-state index in [0.717, 1.165) is 17.7 Å². The van der Waals surface area contributed by atoms with Crippen LogP contribution >= 0.6 is 11.6 Å². The first kappa shape index (κ1) is 20.4. The molecule has 1 aliphatic heterocycles. The molecule has 0 spiro atoms. The number of amides is 2. The predicted octanol–water partition coefficient (Wildman–Crippen LogP) is 3.69. The van der Waals surface area contributed by atoms with E-state index in [1.165, 1.54) is 5.56 Å². The molecule has 3 rings (SSSR count). The van der Waals surface area contributed by atoms with E-state index in [-0.39, 0.29) is 17.9 Å². The number of anilines is 1. The zero-order chi connectivity index (χ0) is 20.1. The molecule has 1 saturated heterocycles. The largest absolute Gasteiger partial charge is 0.336 e. The molecular weight excluding hydrogens is 374 g/mol. The molecular formula is C22H26ClN3O2. The normalized spacial score (nSPS) is 15.9. The highest BCUT2D eigenvalue weighted by Crippen LogP contribution is 2.16. The Morgan fingerprint density at radius 3 is 2.18 bits per heavy atom. The Morgan fingerprint density at radius 1 is 1.00 bits per heavy atom. The van der Waals surface area contributed by atoms with Crippen molar-refractivity contribution in [1.29, 1.82) is 0 Å². The van der Waals surface area contributed by atoms with Crippen molar-refractivity contribution in [3.8, 4) is 0 Å². The summed E-state index contributed by atoms with van der Waals surface area (Å²) in [5, 5.41) is 3.55. The number of nitrogens with zero attached hydrogens (tertiary/aromatic N) is 2. The third-order valence-electron chi connectivity index (χ3n) is 5.25. The highest BCUT2D eigenvalue weighted by atomic mass is 35.5. The summed E-state index contributed by atoms with van der Waals surface area (Å²) in [5.74, 6) is -0.00201. The van der Waals surface area contributed by atoms with Gasteiger partial charge in [0.1, 0.15) is 0 Å². The van der Waals surface area contributed by atoms with Gasteiger partial charge in [-0.15, -0.1) is 0 Å².